The van der Waals surface area contributed by atoms with E-state index in [0.717, 1.165) is 35.5 Å². The minimum Gasteiger partial charge on any atom is -0.508 e. The molecule has 1 heteroatoms. The van der Waals surface area contributed by atoms with Gasteiger partial charge in [-0.2, -0.15) is 0 Å². The monoisotopic (exact) mass is 474 g/mol. The zero-order valence-corrected chi connectivity index (χ0v) is 23.5. The van der Waals surface area contributed by atoms with Gasteiger partial charge in [0.05, 0.1) is 0 Å². The van der Waals surface area contributed by atoms with E-state index in [-0.39, 0.29) is 10.8 Å². The summed E-state index contributed by atoms with van der Waals surface area (Å²) in [6.07, 6.45) is 17.2. The van der Waals surface area contributed by atoms with Gasteiger partial charge in [-0.3, -0.25) is 0 Å². The van der Waals surface area contributed by atoms with Crippen LogP contribution in [0.25, 0.3) is 0 Å². The van der Waals surface area contributed by atoms with Crippen LogP contribution in [0.5, 0.6) is 5.75 Å². The molecule has 0 unspecified atom stereocenters. The summed E-state index contributed by atoms with van der Waals surface area (Å²) in [5.74, 6) is 6.21. The van der Waals surface area contributed by atoms with Gasteiger partial charge in [0.2, 0.25) is 0 Å². The summed E-state index contributed by atoms with van der Waals surface area (Å²) in [5, 5.41) is 12.0. The maximum atomic E-state index is 12.0. The van der Waals surface area contributed by atoms with Gasteiger partial charge in [-0.1, -0.05) is 41.5 Å². The Morgan fingerprint density at radius 3 is 1.26 bits per heavy atom. The van der Waals surface area contributed by atoms with Crippen LogP contribution in [-0.4, -0.2) is 5.11 Å². The van der Waals surface area contributed by atoms with E-state index in [1.807, 2.05) is 0 Å². The highest BCUT2D eigenvalue weighted by Crippen LogP contribution is 2.67. The van der Waals surface area contributed by atoms with Crippen molar-refractivity contribution in [1.82, 2.24) is 0 Å². The summed E-state index contributed by atoms with van der Waals surface area (Å²) in [6.45, 7) is 14.6. The smallest absolute Gasteiger partial charge is 0.119 e. The highest BCUT2D eigenvalue weighted by atomic mass is 16.3. The van der Waals surface area contributed by atoms with Crippen LogP contribution in [0.4, 0.5) is 0 Å². The molecule has 0 aliphatic heterocycles. The average molecular weight is 475 g/mol. The first-order valence-corrected chi connectivity index (χ1v) is 15.3. The fraction of sp³-hybridized carbons (Fsp3) is 0.824. The average Bonchev–Trinajstić information content (AvgIpc) is 2.69. The van der Waals surface area contributed by atoms with Crippen molar-refractivity contribution in [3.05, 3.63) is 28.3 Å². The Hall–Kier alpha value is -0.980. The highest BCUT2D eigenvalue weighted by molar-refractivity contribution is 5.60. The van der Waals surface area contributed by atoms with Gasteiger partial charge in [0.25, 0.3) is 0 Å². The van der Waals surface area contributed by atoms with Crippen LogP contribution in [-0.2, 0) is 21.7 Å². The van der Waals surface area contributed by atoms with Crippen LogP contribution in [0.2, 0.25) is 0 Å². The number of benzene rings is 1. The Bertz CT molecular complexity index is 973. The van der Waals surface area contributed by atoms with Gasteiger partial charge in [0.15, 0.2) is 0 Å². The lowest BCUT2D eigenvalue weighted by atomic mass is 9.44. The largest absolute Gasteiger partial charge is 0.508 e. The van der Waals surface area contributed by atoms with E-state index < -0.39 is 0 Å². The molecule has 1 N–H and O–H groups in total. The van der Waals surface area contributed by atoms with Gasteiger partial charge in [0, 0.05) is 5.56 Å². The van der Waals surface area contributed by atoms with Crippen molar-refractivity contribution in [2.45, 2.75) is 140 Å². The van der Waals surface area contributed by atoms with Crippen LogP contribution in [0.3, 0.4) is 0 Å². The Morgan fingerprint density at radius 1 is 0.571 bits per heavy atom. The molecule has 192 valence electrons. The molecule has 8 aliphatic carbocycles. The molecular formula is C34H50O. The van der Waals surface area contributed by atoms with Crippen molar-refractivity contribution in [3.8, 4) is 5.75 Å². The summed E-state index contributed by atoms with van der Waals surface area (Å²) in [6, 6.07) is 2.35. The summed E-state index contributed by atoms with van der Waals surface area (Å²) in [4.78, 5) is 0. The molecule has 0 saturated heterocycles. The predicted molar refractivity (Wildman–Crippen MR) is 145 cm³/mol. The van der Waals surface area contributed by atoms with Gasteiger partial charge in [0.1, 0.15) is 5.75 Å². The molecule has 1 nitrogen and oxygen atoms in total. The molecule has 35 heavy (non-hydrogen) atoms. The lowest BCUT2D eigenvalue weighted by Crippen LogP contribution is -2.52. The highest BCUT2D eigenvalue weighted by Gasteiger charge is 2.57. The van der Waals surface area contributed by atoms with E-state index >= 15 is 0 Å². The summed E-state index contributed by atoms with van der Waals surface area (Å²) < 4.78 is 0. The number of phenolic OH excluding ortho intramolecular Hbond substituents is 1. The summed E-state index contributed by atoms with van der Waals surface area (Å²) >= 11 is 0. The molecule has 0 atom stereocenters. The lowest BCUT2D eigenvalue weighted by Gasteiger charge is -2.61. The molecule has 0 radical (unpaired) electrons. The Morgan fingerprint density at radius 2 is 0.914 bits per heavy atom. The van der Waals surface area contributed by atoms with E-state index in [1.165, 1.54) is 82.6 Å². The number of rotatable bonds is 2. The molecule has 0 heterocycles. The van der Waals surface area contributed by atoms with Crippen LogP contribution < -0.4 is 0 Å². The molecule has 8 fully saturated rings. The van der Waals surface area contributed by atoms with Crippen molar-refractivity contribution in [2.24, 2.45) is 35.5 Å². The maximum absolute atomic E-state index is 12.0. The Balaban J connectivity index is 1.51. The SMILES string of the molecule is CC(C)(C)c1c(O)cc(C23CC4CC(CC(C4)C2)C3)c(C(C)(C)C)c1C12CC3CC(CC(C3)C1)C2. The number of hydrogen-bond donors (Lipinski definition) is 1. The first-order chi connectivity index (χ1) is 16.4. The third-order valence-electron chi connectivity index (χ3n) is 12.0. The minimum atomic E-state index is -0.0389. The number of hydrogen-bond acceptors (Lipinski definition) is 1. The first-order valence-electron chi connectivity index (χ1n) is 15.3. The van der Waals surface area contributed by atoms with Crippen molar-refractivity contribution in [2.75, 3.05) is 0 Å². The van der Waals surface area contributed by atoms with Crippen molar-refractivity contribution < 1.29 is 5.11 Å². The maximum Gasteiger partial charge on any atom is 0.119 e. The van der Waals surface area contributed by atoms with Crippen molar-refractivity contribution >= 4 is 0 Å². The summed E-state index contributed by atoms with van der Waals surface area (Å²) in [5.41, 5.74) is 6.98. The van der Waals surface area contributed by atoms with Gasteiger partial charge in [-0.15, -0.1) is 0 Å². The van der Waals surface area contributed by atoms with E-state index in [1.54, 1.807) is 16.7 Å². The molecule has 8 bridgehead atoms. The zero-order chi connectivity index (χ0) is 24.5. The topological polar surface area (TPSA) is 20.2 Å². The van der Waals surface area contributed by atoms with E-state index in [2.05, 4.69) is 47.6 Å². The standard InChI is InChI=1S/C34H50O/c1-31(2,3)28-26(33-14-20-7-21(15-33)9-22(8-20)16-33)13-27(35)29(32(4,5)6)30(28)34-17-23-10-24(18-34)12-25(11-23)19-34/h13,20-25,35H,7-12,14-19H2,1-6H3. The third kappa shape index (κ3) is 3.38. The molecule has 0 amide bonds. The van der Waals surface area contributed by atoms with Crippen molar-refractivity contribution in [3.63, 3.8) is 0 Å². The molecule has 0 aromatic heterocycles. The van der Waals surface area contributed by atoms with Crippen molar-refractivity contribution in [1.29, 1.82) is 0 Å². The minimum absolute atomic E-state index is 0.0389. The van der Waals surface area contributed by atoms with Gasteiger partial charge in [-0.05, 0) is 157 Å². The van der Waals surface area contributed by atoms with E-state index in [9.17, 15) is 5.11 Å². The summed E-state index contributed by atoms with van der Waals surface area (Å²) in [7, 11) is 0. The van der Waals surface area contributed by atoms with Crippen LogP contribution in [0.15, 0.2) is 6.07 Å². The normalized spacial score (nSPS) is 43.8. The van der Waals surface area contributed by atoms with Crippen LogP contribution in [0.1, 0.15) is 141 Å². The quantitative estimate of drug-likeness (QED) is 0.453. The molecule has 8 saturated carbocycles. The second-order valence-electron chi connectivity index (χ2n) is 17.0. The lowest BCUT2D eigenvalue weighted by molar-refractivity contribution is -0.0106. The number of aromatic hydroxyl groups is 1. The van der Waals surface area contributed by atoms with Crippen LogP contribution in [0, 0.1) is 35.5 Å². The Kier molecular flexibility index (Phi) is 4.70. The molecule has 8 aliphatic rings. The van der Waals surface area contributed by atoms with Gasteiger partial charge >= 0.3 is 0 Å². The Labute approximate surface area is 214 Å². The molecule has 1 aromatic rings. The van der Waals surface area contributed by atoms with Crippen LogP contribution >= 0.6 is 0 Å². The number of phenols is 1. The fourth-order valence-electron chi connectivity index (χ4n) is 12.0. The molecular weight excluding hydrogens is 424 g/mol. The zero-order valence-electron chi connectivity index (χ0n) is 23.5. The van der Waals surface area contributed by atoms with E-state index in [4.69, 9.17) is 0 Å². The second-order valence-corrected chi connectivity index (χ2v) is 17.0. The predicted octanol–water partition coefficient (Wildman–Crippen LogP) is 8.92. The first kappa shape index (κ1) is 23.2. The molecule has 9 rings (SSSR count). The third-order valence-corrected chi connectivity index (χ3v) is 12.0. The van der Waals surface area contributed by atoms with Gasteiger partial charge < -0.3 is 5.11 Å². The molecule has 1 aromatic carbocycles. The fourth-order valence-corrected chi connectivity index (χ4v) is 12.0. The van der Waals surface area contributed by atoms with Gasteiger partial charge in [-0.25, -0.2) is 0 Å². The molecule has 0 spiro atoms. The van der Waals surface area contributed by atoms with E-state index in [0.29, 0.717) is 16.6 Å². The second kappa shape index (κ2) is 7.11.